The summed E-state index contributed by atoms with van der Waals surface area (Å²) in [5.41, 5.74) is 2.11. The highest BCUT2D eigenvalue weighted by Crippen LogP contribution is 2.26. The van der Waals surface area contributed by atoms with E-state index in [-0.39, 0.29) is 18.6 Å². The van der Waals surface area contributed by atoms with Crippen molar-refractivity contribution in [2.75, 3.05) is 13.2 Å². The monoisotopic (exact) mass is 495 g/mol. The minimum atomic E-state index is -0.880. The summed E-state index contributed by atoms with van der Waals surface area (Å²) < 4.78 is 11.0. The Balaban J connectivity index is 1.60. The first-order valence-electron chi connectivity index (χ1n) is 13.4. The minimum absolute atomic E-state index is 0.180. The van der Waals surface area contributed by atoms with Gasteiger partial charge in [0.25, 0.3) is 0 Å². The standard InChI is InChI=1S/C30H41NO5/c1-2-3-4-5-6-13-18-27(28(32)19-20-35-22-25-16-11-8-12-17-25)29(33)31-26(23-36-30(31)34)21-24-14-9-7-10-15-24/h7-12,14-17,26-28,32H,2-6,13,18-23H2,1H3/t26-,27-,28+/m0/s1. The van der Waals surface area contributed by atoms with E-state index in [1.165, 1.54) is 24.2 Å². The van der Waals surface area contributed by atoms with Crippen LogP contribution in [0.5, 0.6) is 0 Å². The SMILES string of the molecule is CCCCCCCC[C@H](C(=O)N1C(=O)OC[C@@H]1Cc1ccccc1)[C@H](O)CCOCc1ccccc1. The van der Waals surface area contributed by atoms with Crippen LogP contribution in [0.1, 0.15) is 69.4 Å². The number of aliphatic hydroxyl groups is 1. The van der Waals surface area contributed by atoms with E-state index in [0.29, 0.717) is 32.5 Å². The summed E-state index contributed by atoms with van der Waals surface area (Å²) in [7, 11) is 0. The van der Waals surface area contributed by atoms with Crippen LogP contribution in [0.2, 0.25) is 0 Å². The van der Waals surface area contributed by atoms with Gasteiger partial charge in [0.1, 0.15) is 6.61 Å². The van der Waals surface area contributed by atoms with Crippen LogP contribution in [0.15, 0.2) is 60.7 Å². The van der Waals surface area contributed by atoms with Crippen molar-refractivity contribution in [3.05, 3.63) is 71.8 Å². The number of hydrogen-bond acceptors (Lipinski definition) is 5. The molecule has 2 aromatic rings. The normalized spacial score (nSPS) is 17.1. The van der Waals surface area contributed by atoms with Crippen LogP contribution in [-0.2, 0) is 27.3 Å². The zero-order valence-corrected chi connectivity index (χ0v) is 21.5. The Morgan fingerprint density at radius 3 is 2.31 bits per heavy atom. The predicted molar refractivity (Wildman–Crippen MR) is 140 cm³/mol. The number of cyclic esters (lactones) is 1. The minimum Gasteiger partial charge on any atom is -0.447 e. The van der Waals surface area contributed by atoms with Crippen LogP contribution < -0.4 is 0 Å². The van der Waals surface area contributed by atoms with Gasteiger partial charge in [0, 0.05) is 6.61 Å². The number of amides is 2. The first-order chi connectivity index (χ1) is 17.6. The van der Waals surface area contributed by atoms with E-state index in [9.17, 15) is 14.7 Å². The maximum Gasteiger partial charge on any atom is 0.416 e. The molecule has 3 atom stereocenters. The smallest absolute Gasteiger partial charge is 0.416 e. The number of hydrogen-bond donors (Lipinski definition) is 1. The molecule has 1 fully saturated rings. The Hall–Kier alpha value is -2.70. The Kier molecular flexibility index (Phi) is 11.9. The van der Waals surface area contributed by atoms with Gasteiger partial charge >= 0.3 is 6.09 Å². The molecule has 0 spiro atoms. The number of unbranched alkanes of at least 4 members (excludes halogenated alkanes) is 5. The summed E-state index contributed by atoms with van der Waals surface area (Å²) in [5, 5.41) is 11.1. The Morgan fingerprint density at radius 2 is 1.61 bits per heavy atom. The molecule has 2 amide bonds. The van der Waals surface area contributed by atoms with Gasteiger partial charge in [-0.2, -0.15) is 0 Å². The summed E-state index contributed by atoms with van der Waals surface area (Å²) in [6.07, 6.45) is 6.49. The second kappa shape index (κ2) is 15.4. The molecule has 1 aliphatic rings. The molecule has 196 valence electrons. The first-order valence-corrected chi connectivity index (χ1v) is 13.4. The van der Waals surface area contributed by atoms with Crippen molar-refractivity contribution in [1.82, 2.24) is 4.90 Å². The molecular formula is C30H41NO5. The lowest BCUT2D eigenvalue weighted by molar-refractivity contribution is -0.138. The van der Waals surface area contributed by atoms with Crippen molar-refractivity contribution >= 4 is 12.0 Å². The molecular weight excluding hydrogens is 454 g/mol. The van der Waals surface area contributed by atoms with Crippen molar-refractivity contribution in [1.29, 1.82) is 0 Å². The average Bonchev–Trinajstić information content (AvgIpc) is 3.26. The lowest BCUT2D eigenvalue weighted by Crippen LogP contribution is -2.46. The molecule has 2 aromatic carbocycles. The number of carbonyl (C=O) groups excluding carboxylic acids is 2. The molecule has 6 heteroatoms. The molecule has 6 nitrogen and oxygen atoms in total. The topological polar surface area (TPSA) is 76.1 Å². The molecule has 0 radical (unpaired) electrons. The lowest BCUT2D eigenvalue weighted by Gasteiger charge is -2.28. The number of ether oxygens (including phenoxy) is 2. The largest absolute Gasteiger partial charge is 0.447 e. The fourth-order valence-electron chi connectivity index (χ4n) is 4.74. The van der Waals surface area contributed by atoms with Crippen molar-refractivity contribution in [2.45, 2.75) is 83.5 Å². The van der Waals surface area contributed by atoms with E-state index < -0.39 is 18.1 Å². The van der Waals surface area contributed by atoms with Gasteiger partial charge in [-0.3, -0.25) is 4.79 Å². The third-order valence-corrected chi connectivity index (χ3v) is 6.83. The second-order valence-electron chi connectivity index (χ2n) is 9.69. The van der Waals surface area contributed by atoms with Gasteiger partial charge in [0.2, 0.25) is 5.91 Å². The van der Waals surface area contributed by atoms with E-state index >= 15 is 0 Å². The van der Waals surface area contributed by atoms with Gasteiger partial charge in [-0.1, -0.05) is 106 Å². The average molecular weight is 496 g/mol. The third-order valence-electron chi connectivity index (χ3n) is 6.83. The highest BCUT2D eigenvalue weighted by molar-refractivity contribution is 5.95. The maximum absolute atomic E-state index is 13.6. The van der Waals surface area contributed by atoms with Crippen LogP contribution in [0.25, 0.3) is 0 Å². The number of rotatable bonds is 16. The fourth-order valence-corrected chi connectivity index (χ4v) is 4.74. The number of imide groups is 1. The van der Waals surface area contributed by atoms with Crippen LogP contribution >= 0.6 is 0 Å². The third kappa shape index (κ3) is 8.75. The Morgan fingerprint density at radius 1 is 0.972 bits per heavy atom. The molecule has 1 N–H and O–H groups in total. The van der Waals surface area contributed by atoms with E-state index in [1.54, 1.807) is 0 Å². The molecule has 0 saturated carbocycles. The molecule has 3 rings (SSSR count). The summed E-state index contributed by atoms with van der Waals surface area (Å²) in [6.45, 7) is 3.17. The van der Waals surface area contributed by atoms with E-state index in [4.69, 9.17) is 9.47 Å². The van der Waals surface area contributed by atoms with Gasteiger partial charge in [-0.25, -0.2) is 9.69 Å². The molecule has 0 unspecified atom stereocenters. The van der Waals surface area contributed by atoms with Crippen molar-refractivity contribution < 1.29 is 24.2 Å². The van der Waals surface area contributed by atoms with Crippen LogP contribution in [-0.4, -0.2) is 47.4 Å². The molecule has 1 aliphatic heterocycles. The van der Waals surface area contributed by atoms with Crippen molar-refractivity contribution in [2.24, 2.45) is 5.92 Å². The lowest BCUT2D eigenvalue weighted by atomic mass is 9.91. The van der Waals surface area contributed by atoms with Gasteiger partial charge in [-0.15, -0.1) is 0 Å². The quantitative estimate of drug-likeness (QED) is 0.293. The van der Waals surface area contributed by atoms with E-state index in [2.05, 4.69) is 6.92 Å². The highest BCUT2D eigenvalue weighted by atomic mass is 16.6. The molecule has 1 saturated heterocycles. The molecule has 0 aliphatic carbocycles. The maximum atomic E-state index is 13.6. The zero-order valence-electron chi connectivity index (χ0n) is 21.5. The fraction of sp³-hybridized carbons (Fsp3) is 0.533. The van der Waals surface area contributed by atoms with Gasteiger partial charge in [-0.05, 0) is 30.4 Å². The summed E-state index contributed by atoms with van der Waals surface area (Å²) in [5.74, 6) is -0.983. The molecule has 0 aromatic heterocycles. The zero-order chi connectivity index (χ0) is 25.6. The summed E-state index contributed by atoms with van der Waals surface area (Å²) in [6, 6.07) is 19.3. The number of benzene rings is 2. The van der Waals surface area contributed by atoms with E-state index in [1.807, 2.05) is 60.7 Å². The van der Waals surface area contributed by atoms with Gasteiger partial charge in [0.15, 0.2) is 0 Å². The second-order valence-corrected chi connectivity index (χ2v) is 9.69. The van der Waals surface area contributed by atoms with Gasteiger partial charge in [0.05, 0.1) is 24.7 Å². The summed E-state index contributed by atoms with van der Waals surface area (Å²) in [4.78, 5) is 27.5. The highest BCUT2D eigenvalue weighted by Gasteiger charge is 2.42. The Bertz CT molecular complexity index is 904. The van der Waals surface area contributed by atoms with E-state index in [0.717, 1.165) is 30.4 Å². The van der Waals surface area contributed by atoms with Crippen LogP contribution in [0, 0.1) is 5.92 Å². The molecule has 1 heterocycles. The Labute approximate surface area is 215 Å². The molecule has 0 bridgehead atoms. The number of nitrogens with zero attached hydrogens (tertiary/aromatic N) is 1. The number of aliphatic hydroxyl groups excluding tert-OH is 1. The molecule has 36 heavy (non-hydrogen) atoms. The first kappa shape index (κ1) is 27.9. The van der Waals surface area contributed by atoms with Gasteiger partial charge < -0.3 is 14.6 Å². The van der Waals surface area contributed by atoms with Crippen LogP contribution in [0.4, 0.5) is 4.79 Å². The predicted octanol–water partition coefficient (Wildman–Crippen LogP) is 5.91. The number of carbonyl (C=O) groups is 2. The summed E-state index contributed by atoms with van der Waals surface area (Å²) >= 11 is 0. The van der Waals surface area contributed by atoms with Crippen LogP contribution in [0.3, 0.4) is 0 Å². The van der Waals surface area contributed by atoms with Crippen molar-refractivity contribution in [3.8, 4) is 0 Å². The van der Waals surface area contributed by atoms with Crippen molar-refractivity contribution in [3.63, 3.8) is 0 Å².